The summed E-state index contributed by atoms with van der Waals surface area (Å²) in [6.45, 7) is 0. The quantitative estimate of drug-likeness (QED) is 0.488. The molecule has 5 heteroatoms. The molecule has 1 aromatic heterocycles. The van der Waals surface area contributed by atoms with Crippen LogP contribution in [-0.2, 0) is 4.79 Å². The highest BCUT2D eigenvalue weighted by molar-refractivity contribution is 6.32. The minimum absolute atomic E-state index is 0.492. The van der Waals surface area contributed by atoms with Crippen molar-refractivity contribution in [1.82, 2.24) is 10.2 Å². The van der Waals surface area contributed by atoms with Crippen molar-refractivity contribution >= 4 is 23.9 Å². The number of anilines is 1. The van der Waals surface area contributed by atoms with Gasteiger partial charge in [-0.1, -0.05) is 0 Å². The lowest BCUT2D eigenvalue weighted by molar-refractivity contribution is -0.106. The lowest BCUT2D eigenvalue weighted by Gasteiger charge is -1.99. The zero-order valence-electron chi connectivity index (χ0n) is 4.41. The molecule has 0 saturated carbocycles. The Balaban J connectivity index is 2.76. The molecule has 1 heterocycles. The molecule has 0 aliphatic heterocycles. The summed E-state index contributed by atoms with van der Waals surface area (Å²) in [6, 6.07) is 0. The summed E-state index contributed by atoms with van der Waals surface area (Å²) in [5.74, 6) is 0. The molecule has 0 spiro atoms. The number of nitrogens with zero attached hydrogens (tertiary/aromatic N) is 2. The molecule has 1 N–H and O–H groups in total. The Morgan fingerprint density at radius 2 is 2.67 bits per heavy atom. The lowest BCUT2D eigenvalue weighted by Crippen LogP contribution is -2.04. The van der Waals surface area contributed by atoms with Gasteiger partial charge in [0.05, 0.1) is 11.9 Å². The van der Waals surface area contributed by atoms with Gasteiger partial charge in [0.25, 0.3) is 0 Å². The molecular formula is C4H4ClN3O. The van der Waals surface area contributed by atoms with Gasteiger partial charge in [-0.15, -0.1) is 0 Å². The highest BCUT2D eigenvalue weighted by Crippen LogP contribution is 2.09. The van der Waals surface area contributed by atoms with Gasteiger partial charge >= 0.3 is 0 Å². The van der Waals surface area contributed by atoms with E-state index in [2.05, 4.69) is 10.2 Å². The van der Waals surface area contributed by atoms with Crippen LogP contribution in [0.4, 0.5) is 5.69 Å². The standard InChI is InChI=1S/C4H4ClN3O/c5-8(3-9)4-1-6-7-2-4/h1-3H,(H,6,7). The van der Waals surface area contributed by atoms with Gasteiger partial charge in [-0.05, 0) is 0 Å². The summed E-state index contributed by atoms with van der Waals surface area (Å²) in [5, 5.41) is 6.09. The van der Waals surface area contributed by atoms with E-state index in [-0.39, 0.29) is 0 Å². The average Bonchev–Trinajstić information content (AvgIpc) is 2.37. The van der Waals surface area contributed by atoms with E-state index in [1.807, 2.05) is 0 Å². The van der Waals surface area contributed by atoms with E-state index in [1.54, 1.807) is 0 Å². The van der Waals surface area contributed by atoms with Crippen molar-refractivity contribution in [3.05, 3.63) is 12.4 Å². The van der Waals surface area contributed by atoms with Crippen molar-refractivity contribution in [2.75, 3.05) is 4.42 Å². The maximum atomic E-state index is 9.96. The third-order valence-electron chi connectivity index (χ3n) is 0.823. The van der Waals surface area contributed by atoms with Gasteiger partial charge in [0.2, 0.25) is 6.41 Å². The number of H-pyrrole nitrogens is 1. The fraction of sp³-hybridized carbons (Fsp3) is 0. The van der Waals surface area contributed by atoms with Gasteiger partial charge in [0, 0.05) is 18.0 Å². The van der Waals surface area contributed by atoms with E-state index in [9.17, 15) is 4.79 Å². The van der Waals surface area contributed by atoms with Gasteiger partial charge in [0.15, 0.2) is 0 Å². The SMILES string of the molecule is O=CN(Cl)c1cn[nH]c1. The Morgan fingerprint density at radius 1 is 1.89 bits per heavy atom. The molecule has 1 amide bonds. The van der Waals surface area contributed by atoms with E-state index in [0.29, 0.717) is 12.1 Å². The molecule has 4 nitrogen and oxygen atoms in total. The van der Waals surface area contributed by atoms with Crippen LogP contribution in [0.15, 0.2) is 12.4 Å². The Hall–Kier alpha value is -1.03. The summed E-state index contributed by atoms with van der Waals surface area (Å²) < 4.78 is 0.906. The van der Waals surface area contributed by atoms with E-state index >= 15 is 0 Å². The maximum Gasteiger partial charge on any atom is 0.228 e. The highest BCUT2D eigenvalue weighted by Gasteiger charge is 1.99. The molecule has 0 radical (unpaired) electrons. The Labute approximate surface area is 56.5 Å². The Bertz CT molecular complexity index is 186. The second-order valence-corrected chi connectivity index (χ2v) is 1.74. The number of carbonyl (C=O) groups excluding carboxylic acids is 1. The smallest absolute Gasteiger partial charge is 0.228 e. The number of aromatic amines is 1. The van der Waals surface area contributed by atoms with Gasteiger partial charge in [-0.3, -0.25) is 9.89 Å². The fourth-order valence-corrected chi connectivity index (χ4v) is 0.514. The van der Waals surface area contributed by atoms with Crippen molar-refractivity contribution in [2.45, 2.75) is 0 Å². The molecule has 9 heavy (non-hydrogen) atoms. The Morgan fingerprint density at radius 3 is 3.11 bits per heavy atom. The summed E-state index contributed by atoms with van der Waals surface area (Å²) in [7, 11) is 0. The number of carbonyl (C=O) groups is 1. The lowest BCUT2D eigenvalue weighted by atomic mass is 10.6. The molecule has 0 fully saturated rings. The van der Waals surface area contributed by atoms with Crippen LogP contribution >= 0.6 is 11.8 Å². The summed E-state index contributed by atoms with van der Waals surface area (Å²) in [5.41, 5.74) is 0.534. The first-order valence-electron chi connectivity index (χ1n) is 2.23. The molecule has 1 aromatic rings. The zero-order valence-corrected chi connectivity index (χ0v) is 5.17. The van der Waals surface area contributed by atoms with Crippen molar-refractivity contribution in [3.63, 3.8) is 0 Å². The van der Waals surface area contributed by atoms with E-state index < -0.39 is 0 Å². The van der Waals surface area contributed by atoms with Crippen molar-refractivity contribution in [3.8, 4) is 0 Å². The van der Waals surface area contributed by atoms with Gasteiger partial charge in [-0.2, -0.15) is 5.10 Å². The van der Waals surface area contributed by atoms with Gasteiger partial charge < -0.3 is 0 Å². The summed E-state index contributed by atoms with van der Waals surface area (Å²) in [6.07, 6.45) is 3.45. The van der Waals surface area contributed by atoms with Crippen LogP contribution in [0.25, 0.3) is 0 Å². The van der Waals surface area contributed by atoms with Crippen LogP contribution < -0.4 is 4.42 Å². The second kappa shape index (κ2) is 2.50. The van der Waals surface area contributed by atoms with Crippen LogP contribution in [0.3, 0.4) is 0 Å². The average molecular weight is 146 g/mol. The molecule has 0 unspecified atom stereocenters. The number of nitrogens with one attached hydrogen (secondary N) is 1. The third-order valence-corrected chi connectivity index (χ3v) is 1.10. The number of halogens is 1. The predicted octanol–water partition coefficient (Wildman–Crippen LogP) is 0.526. The van der Waals surface area contributed by atoms with Crippen LogP contribution in [0.5, 0.6) is 0 Å². The highest BCUT2D eigenvalue weighted by atomic mass is 35.5. The van der Waals surface area contributed by atoms with Gasteiger partial charge in [-0.25, -0.2) is 4.42 Å². The van der Waals surface area contributed by atoms with Crippen molar-refractivity contribution < 1.29 is 4.79 Å². The normalized spacial score (nSPS) is 9.00. The molecule has 0 aliphatic rings. The van der Waals surface area contributed by atoms with Crippen LogP contribution in [0.1, 0.15) is 0 Å². The summed E-state index contributed by atoms with van der Waals surface area (Å²) in [4.78, 5) is 9.96. The first kappa shape index (κ1) is 6.10. The third kappa shape index (κ3) is 1.20. The van der Waals surface area contributed by atoms with E-state index in [4.69, 9.17) is 11.8 Å². The minimum atomic E-state index is 0.492. The fourth-order valence-electron chi connectivity index (χ4n) is 0.422. The molecular weight excluding hydrogens is 142 g/mol. The monoisotopic (exact) mass is 145 g/mol. The number of rotatable bonds is 2. The molecule has 0 aliphatic carbocycles. The Kier molecular flexibility index (Phi) is 1.69. The molecule has 0 aromatic carbocycles. The van der Waals surface area contributed by atoms with E-state index in [1.165, 1.54) is 12.4 Å². The predicted molar refractivity (Wildman–Crippen MR) is 33.0 cm³/mol. The van der Waals surface area contributed by atoms with Crippen molar-refractivity contribution in [1.29, 1.82) is 0 Å². The maximum absolute atomic E-state index is 9.96. The number of hydrogen-bond donors (Lipinski definition) is 1. The largest absolute Gasteiger partial charge is 0.284 e. The van der Waals surface area contributed by atoms with Gasteiger partial charge in [0.1, 0.15) is 0 Å². The molecule has 48 valence electrons. The van der Waals surface area contributed by atoms with Crippen molar-refractivity contribution in [2.24, 2.45) is 0 Å². The minimum Gasteiger partial charge on any atom is -0.284 e. The molecule has 0 bridgehead atoms. The number of aromatic nitrogens is 2. The van der Waals surface area contributed by atoms with Crippen LogP contribution in [-0.4, -0.2) is 16.6 Å². The molecule has 0 atom stereocenters. The van der Waals surface area contributed by atoms with Crippen LogP contribution in [0, 0.1) is 0 Å². The van der Waals surface area contributed by atoms with E-state index in [0.717, 1.165) is 4.42 Å². The number of hydrogen-bond acceptors (Lipinski definition) is 2. The zero-order chi connectivity index (χ0) is 6.69. The first-order valence-corrected chi connectivity index (χ1v) is 2.57. The second-order valence-electron chi connectivity index (χ2n) is 1.37. The molecule has 1 rings (SSSR count). The first-order chi connectivity index (χ1) is 4.34. The van der Waals surface area contributed by atoms with Crippen LogP contribution in [0.2, 0.25) is 0 Å². The number of amides is 1. The topological polar surface area (TPSA) is 49.0 Å². The summed E-state index contributed by atoms with van der Waals surface area (Å²) >= 11 is 5.34. The molecule has 0 saturated heterocycles.